The summed E-state index contributed by atoms with van der Waals surface area (Å²) < 4.78 is 28.8. The van der Waals surface area contributed by atoms with E-state index in [1.165, 1.54) is 18.2 Å². The van der Waals surface area contributed by atoms with Gasteiger partial charge in [-0.15, -0.1) is 0 Å². The third-order valence-electron chi connectivity index (χ3n) is 4.77. The molecular formula is C23H13BrCl2F2N4O3. The maximum atomic E-state index is 13.9. The molecule has 1 heterocycles. The van der Waals surface area contributed by atoms with E-state index in [-0.39, 0.29) is 16.4 Å². The first kappa shape index (κ1) is 24.6. The van der Waals surface area contributed by atoms with E-state index < -0.39 is 29.4 Å². The van der Waals surface area contributed by atoms with Gasteiger partial charge in [-0.05, 0) is 54.6 Å². The monoisotopic (exact) mass is 580 g/mol. The lowest BCUT2D eigenvalue weighted by Crippen LogP contribution is -2.36. The van der Waals surface area contributed by atoms with E-state index in [1.54, 1.807) is 24.3 Å². The van der Waals surface area contributed by atoms with Crippen LogP contribution in [0.2, 0.25) is 10.0 Å². The maximum absolute atomic E-state index is 13.9. The summed E-state index contributed by atoms with van der Waals surface area (Å²) in [6.45, 7) is 0. The number of carbonyl (C=O) groups is 3. The number of nitrogens with zero attached hydrogens (tertiary/aromatic N) is 1. The lowest BCUT2D eigenvalue weighted by Gasteiger charge is -2.13. The molecule has 3 amide bonds. The first-order chi connectivity index (χ1) is 16.6. The molecule has 178 valence electrons. The van der Waals surface area contributed by atoms with Crippen LogP contribution >= 0.6 is 39.1 Å². The van der Waals surface area contributed by atoms with E-state index in [1.807, 2.05) is 0 Å². The molecule has 3 N–H and O–H groups in total. The summed E-state index contributed by atoms with van der Waals surface area (Å²) >= 11 is 15.3. The second-order valence-corrected chi connectivity index (χ2v) is 8.90. The molecule has 3 aromatic carbocycles. The highest BCUT2D eigenvalue weighted by molar-refractivity contribution is 9.10. The van der Waals surface area contributed by atoms with Gasteiger partial charge in [-0.1, -0.05) is 39.1 Å². The van der Waals surface area contributed by atoms with Gasteiger partial charge in [0.15, 0.2) is 0 Å². The number of anilines is 2. The molecule has 0 fully saturated rings. The fourth-order valence-electron chi connectivity index (χ4n) is 3.17. The first-order valence-electron chi connectivity index (χ1n) is 9.77. The molecule has 0 saturated carbocycles. The van der Waals surface area contributed by atoms with Crippen molar-refractivity contribution in [1.29, 1.82) is 0 Å². The van der Waals surface area contributed by atoms with Gasteiger partial charge in [-0.25, -0.2) is 13.5 Å². The summed E-state index contributed by atoms with van der Waals surface area (Å²) in [5, 5.41) is 5.82. The fraction of sp³-hybridized carbons (Fsp3) is 0. The van der Waals surface area contributed by atoms with Crippen LogP contribution in [0, 0.1) is 11.6 Å². The zero-order valence-electron chi connectivity index (χ0n) is 17.3. The van der Waals surface area contributed by atoms with Crippen LogP contribution in [0.3, 0.4) is 0 Å². The number of amides is 3. The Balaban J connectivity index is 1.63. The zero-order chi connectivity index (χ0) is 25.3. The van der Waals surface area contributed by atoms with Gasteiger partial charge in [0, 0.05) is 21.6 Å². The molecule has 0 aliphatic rings. The Kier molecular flexibility index (Phi) is 7.06. The van der Waals surface area contributed by atoms with Gasteiger partial charge >= 0.3 is 11.8 Å². The number of fused-ring (bicyclic) bond motifs is 1. The zero-order valence-corrected chi connectivity index (χ0v) is 20.4. The van der Waals surface area contributed by atoms with Gasteiger partial charge in [-0.2, -0.15) is 0 Å². The van der Waals surface area contributed by atoms with Crippen LogP contribution in [-0.2, 0) is 9.59 Å². The van der Waals surface area contributed by atoms with Crippen LogP contribution in [-0.4, -0.2) is 22.4 Å². The molecule has 4 aromatic rings. The summed E-state index contributed by atoms with van der Waals surface area (Å²) in [4.78, 5) is 38.0. The number of aromatic nitrogens is 1. The molecule has 12 heteroatoms. The Labute approximate surface area is 215 Å². The van der Waals surface area contributed by atoms with Crippen molar-refractivity contribution in [1.82, 2.24) is 4.68 Å². The minimum absolute atomic E-state index is 0.0155. The standard InChI is InChI=1S/C23H13BrCl2F2N4O3/c24-12-1-6-19-11(7-12)8-20(21(33)29-14-3-4-15(25)16(26)10-14)32(19)31-23(35)22(34)30-18-5-2-13(27)9-17(18)28/h1-10H,(H,29,33)(H,30,34)(H,31,35). The Hall–Kier alpha value is -3.47. The molecule has 0 bridgehead atoms. The fourth-order valence-corrected chi connectivity index (χ4v) is 3.84. The molecule has 0 unspecified atom stereocenters. The molecule has 0 aliphatic heterocycles. The number of hydrogen-bond donors (Lipinski definition) is 3. The minimum Gasteiger partial charge on any atom is -0.321 e. The molecule has 7 nitrogen and oxygen atoms in total. The molecule has 0 spiro atoms. The van der Waals surface area contributed by atoms with Gasteiger partial charge in [0.2, 0.25) is 0 Å². The van der Waals surface area contributed by atoms with E-state index >= 15 is 0 Å². The molecule has 0 saturated heterocycles. The van der Waals surface area contributed by atoms with Crippen molar-refractivity contribution >= 4 is 79.1 Å². The average molecular weight is 582 g/mol. The third kappa shape index (κ3) is 5.45. The number of halogens is 5. The largest absolute Gasteiger partial charge is 0.328 e. The van der Waals surface area contributed by atoms with Crippen LogP contribution in [0.4, 0.5) is 20.2 Å². The van der Waals surface area contributed by atoms with Crippen molar-refractivity contribution in [2.24, 2.45) is 0 Å². The van der Waals surface area contributed by atoms with Crippen LogP contribution < -0.4 is 16.1 Å². The Morgan fingerprint density at radius 3 is 2.31 bits per heavy atom. The van der Waals surface area contributed by atoms with E-state index in [2.05, 4.69) is 32.0 Å². The van der Waals surface area contributed by atoms with E-state index in [9.17, 15) is 23.2 Å². The maximum Gasteiger partial charge on any atom is 0.328 e. The number of rotatable bonds is 4. The molecule has 35 heavy (non-hydrogen) atoms. The van der Waals surface area contributed by atoms with Gasteiger partial charge in [0.25, 0.3) is 5.91 Å². The summed E-state index contributed by atoms with van der Waals surface area (Å²) in [5.41, 5.74) is 2.69. The van der Waals surface area contributed by atoms with Crippen LogP contribution in [0.25, 0.3) is 10.9 Å². The topological polar surface area (TPSA) is 92.2 Å². The van der Waals surface area contributed by atoms with Gasteiger partial charge < -0.3 is 10.6 Å². The predicted molar refractivity (Wildman–Crippen MR) is 133 cm³/mol. The van der Waals surface area contributed by atoms with Crippen LogP contribution in [0.1, 0.15) is 10.5 Å². The normalized spacial score (nSPS) is 10.8. The van der Waals surface area contributed by atoms with Crippen molar-refractivity contribution in [3.8, 4) is 0 Å². The first-order valence-corrected chi connectivity index (χ1v) is 11.3. The molecule has 1 aromatic heterocycles. The minimum atomic E-state index is -1.23. The molecular weight excluding hydrogens is 569 g/mol. The number of carbonyl (C=O) groups excluding carboxylic acids is 3. The molecule has 4 rings (SSSR count). The Morgan fingerprint density at radius 2 is 1.60 bits per heavy atom. The highest BCUT2D eigenvalue weighted by Gasteiger charge is 2.22. The van der Waals surface area contributed by atoms with Crippen molar-refractivity contribution in [2.45, 2.75) is 0 Å². The Bertz CT molecular complexity index is 1510. The second-order valence-electron chi connectivity index (χ2n) is 7.17. The van der Waals surface area contributed by atoms with Crippen LogP contribution in [0.15, 0.2) is 65.1 Å². The highest BCUT2D eigenvalue weighted by atomic mass is 79.9. The summed E-state index contributed by atoms with van der Waals surface area (Å²) in [6.07, 6.45) is 0. The summed E-state index contributed by atoms with van der Waals surface area (Å²) in [7, 11) is 0. The molecule has 0 atom stereocenters. The summed E-state index contributed by atoms with van der Waals surface area (Å²) in [5.74, 6) is -4.94. The van der Waals surface area contributed by atoms with Gasteiger partial charge in [-0.3, -0.25) is 19.8 Å². The van der Waals surface area contributed by atoms with Crippen molar-refractivity contribution < 1.29 is 23.2 Å². The predicted octanol–water partition coefficient (Wildman–Crippen LogP) is 5.95. The smallest absolute Gasteiger partial charge is 0.321 e. The summed E-state index contributed by atoms with van der Waals surface area (Å²) in [6, 6.07) is 13.5. The van der Waals surface area contributed by atoms with Crippen molar-refractivity contribution in [3.63, 3.8) is 0 Å². The Morgan fingerprint density at radius 1 is 0.829 bits per heavy atom. The SMILES string of the molecule is O=C(Nc1ccc(F)cc1F)C(=O)Nn1c(C(=O)Nc2ccc(Cl)c(Cl)c2)cc2cc(Br)ccc21. The number of hydrogen-bond acceptors (Lipinski definition) is 3. The third-order valence-corrected chi connectivity index (χ3v) is 6.00. The lowest BCUT2D eigenvalue weighted by molar-refractivity contribution is -0.133. The molecule has 0 radical (unpaired) electrons. The van der Waals surface area contributed by atoms with Crippen molar-refractivity contribution in [2.75, 3.05) is 16.1 Å². The van der Waals surface area contributed by atoms with Crippen LogP contribution in [0.5, 0.6) is 0 Å². The van der Waals surface area contributed by atoms with Gasteiger partial charge in [0.1, 0.15) is 17.3 Å². The lowest BCUT2D eigenvalue weighted by atomic mass is 10.2. The van der Waals surface area contributed by atoms with Gasteiger partial charge in [0.05, 0.1) is 21.2 Å². The number of nitrogens with one attached hydrogen (secondary N) is 3. The molecule has 0 aliphatic carbocycles. The highest BCUT2D eigenvalue weighted by Crippen LogP contribution is 2.27. The van der Waals surface area contributed by atoms with E-state index in [4.69, 9.17) is 23.2 Å². The van der Waals surface area contributed by atoms with E-state index in [0.717, 1.165) is 21.3 Å². The quantitative estimate of drug-likeness (QED) is 0.260. The second kappa shape index (κ2) is 10.0. The average Bonchev–Trinajstić information content (AvgIpc) is 3.15. The van der Waals surface area contributed by atoms with E-state index in [0.29, 0.717) is 27.7 Å². The van der Waals surface area contributed by atoms with Crippen molar-refractivity contribution in [3.05, 3.63) is 92.5 Å². The number of benzene rings is 3.